The van der Waals surface area contributed by atoms with Crippen LogP contribution in [0.4, 0.5) is 0 Å². The van der Waals surface area contributed by atoms with Crippen LogP contribution in [0.3, 0.4) is 0 Å². The van der Waals surface area contributed by atoms with Crippen molar-refractivity contribution < 1.29 is 15.0 Å². The first-order chi connectivity index (χ1) is 7.65. The summed E-state index contributed by atoms with van der Waals surface area (Å²) in [7, 11) is 0. The predicted molar refractivity (Wildman–Crippen MR) is 60.7 cm³/mol. The van der Waals surface area contributed by atoms with Gasteiger partial charge in [0, 0.05) is 23.6 Å². The second-order valence-corrected chi connectivity index (χ2v) is 3.73. The Bertz CT molecular complexity index is 542. The van der Waals surface area contributed by atoms with Crippen molar-refractivity contribution in [2.75, 3.05) is 6.61 Å². The molecule has 4 heteroatoms. The molecule has 1 aromatic carbocycles. The minimum absolute atomic E-state index is 0.0422. The summed E-state index contributed by atoms with van der Waals surface area (Å²) in [6.45, 7) is 2.40. The first-order valence-electron chi connectivity index (χ1n) is 5.07. The van der Waals surface area contributed by atoms with Crippen LogP contribution >= 0.6 is 0 Å². The Labute approximate surface area is 92.7 Å². The molecule has 4 nitrogen and oxygen atoms in total. The van der Waals surface area contributed by atoms with E-state index in [9.17, 15) is 4.79 Å². The van der Waals surface area contributed by atoms with Crippen molar-refractivity contribution >= 4 is 16.9 Å². The number of rotatable bonds is 3. The molecule has 1 aromatic heterocycles. The van der Waals surface area contributed by atoms with E-state index in [4.69, 9.17) is 10.2 Å². The number of aliphatic hydroxyl groups is 1. The van der Waals surface area contributed by atoms with Crippen molar-refractivity contribution in [3.8, 4) is 0 Å². The van der Waals surface area contributed by atoms with E-state index in [1.807, 2.05) is 23.8 Å². The number of aryl methyl sites for hydroxylation is 1. The van der Waals surface area contributed by atoms with Crippen molar-refractivity contribution in [1.29, 1.82) is 0 Å². The first kappa shape index (κ1) is 10.7. The fraction of sp³-hybridized carbons (Fsp3) is 0.250. The highest BCUT2D eigenvalue weighted by Gasteiger charge is 2.13. The van der Waals surface area contributed by atoms with Gasteiger partial charge in [0.05, 0.1) is 12.2 Å². The van der Waals surface area contributed by atoms with Gasteiger partial charge in [-0.2, -0.15) is 0 Å². The van der Waals surface area contributed by atoms with Crippen LogP contribution in [0.25, 0.3) is 10.9 Å². The maximum Gasteiger partial charge on any atom is 0.336 e. The van der Waals surface area contributed by atoms with Crippen molar-refractivity contribution in [2.45, 2.75) is 13.5 Å². The molecule has 2 rings (SSSR count). The topological polar surface area (TPSA) is 62.5 Å². The monoisotopic (exact) mass is 219 g/mol. The fourth-order valence-corrected chi connectivity index (χ4v) is 2.03. The van der Waals surface area contributed by atoms with Gasteiger partial charge in [0.1, 0.15) is 0 Å². The summed E-state index contributed by atoms with van der Waals surface area (Å²) >= 11 is 0. The average Bonchev–Trinajstić information content (AvgIpc) is 2.57. The number of fused-ring (bicyclic) bond motifs is 1. The summed E-state index contributed by atoms with van der Waals surface area (Å²) in [5.74, 6) is -0.921. The Morgan fingerprint density at radius 1 is 1.44 bits per heavy atom. The number of hydrogen-bond acceptors (Lipinski definition) is 2. The minimum Gasteiger partial charge on any atom is -0.478 e. The van der Waals surface area contributed by atoms with E-state index in [1.54, 1.807) is 12.1 Å². The lowest BCUT2D eigenvalue weighted by Crippen LogP contribution is -2.01. The van der Waals surface area contributed by atoms with Gasteiger partial charge in [0.15, 0.2) is 0 Å². The molecule has 0 unspecified atom stereocenters. The van der Waals surface area contributed by atoms with Crippen LogP contribution in [0.1, 0.15) is 15.9 Å². The summed E-state index contributed by atoms with van der Waals surface area (Å²) in [6.07, 6.45) is 1.87. The van der Waals surface area contributed by atoms with E-state index in [-0.39, 0.29) is 6.61 Å². The first-order valence-corrected chi connectivity index (χ1v) is 5.07. The molecular weight excluding hydrogens is 206 g/mol. The molecular formula is C12H13NO3. The number of carboxylic acid groups (broad SMARTS) is 1. The fourth-order valence-electron chi connectivity index (χ4n) is 2.03. The predicted octanol–water partition coefficient (Wildman–Crippen LogP) is 1.64. The van der Waals surface area contributed by atoms with Crippen LogP contribution in [-0.2, 0) is 6.54 Å². The van der Waals surface area contributed by atoms with Gasteiger partial charge < -0.3 is 14.8 Å². The van der Waals surface area contributed by atoms with Crippen molar-refractivity contribution in [1.82, 2.24) is 4.57 Å². The van der Waals surface area contributed by atoms with Gasteiger partial charge in [-0.15, -0.1) is 0 Å². The molecule has 2 aromatic rings. The third-order valence-corrected chi connectivity index (χ3v) is 2.67. The number of aliphatic hydroxyl groups excluding tert-OH is 1. The zero-order valence-corrected chi connectivity index (χ0v) is 8.97. The second kappa shape index (κ2) is 3.98. The normalized spacial score (nSPS) is 10.9. The number of carbonyl (C=O) groups is 1. The lowest BCUT2D eigenvalue weighted by molar-refractivity contribution is 0.0699. The summed E-state index contributed by atoms with van der Waals surface area (Å²) in [4.78, 5) is 11.1. The van der Waals surface area contributed by atoms with E-state index in [0.717, 1.165) is 16.5 Å². The van der Waals surface area contributed by atoms with Crippen LogP contribution in [-0.4, -0.2) is 27.4 Å². The molecule has 0 saturated carbocycles. The number of carboxylic acids is 1. The Morgan fingerprint density at radius 2 is 2.19 bits per heavy atom. The molecule has 1 heterocycles. The Balaban J connectivity index is 2.74. The lowest BCUT2D eigenvalue weighted by Gasteiger charge is -2.03. The van der Waals surface area contributed by atoms with E-state index in [2.05, 4.69) is 0 Å². The third kappa shape index (κ3) is 1.57. The van der Waals surface area contributed by atoms with E-state index in [0.29, 0.717) is 12.1 Å². The van der Waals surface area contributed by atoms with E-state index < -0.39 is 5.97 Å². The number of aromatic nitrogens is 1. The summed E-state index contributed by atoms with van der Waals surface area (Å²) < 4.78 is 1.87. The Kier molecular flexibility index (Phi) is 2.66. The molecule has 0 saturated heterocycles. The largest absolute Gasteiger partial charge is 0.478 e. The maximum absolute atomic E-state index is 11.1. The molecule has 0 spiro atoms. The molecule has 16 heavy (non-hydrogen) atoms. The average molecular weight is 219 g/mol. The van der Waals surface area contributed by atoms with Gasteiger partial charge in [-0.05, 0) is 24.6 Å². The molecule has 0 aliphatic carbocycles. The highest BCUT2D eigenvalue weighted by Crippen LogP contribution is 2.24. The molecule has 0 aliphatic heterocycles. The van der Waals surface area contributed by atoms with Gasteiger partial charge in [-0.3, -0.25) is 0 Å². The molecule has 0 bridgehead atoms. The summed E-state index contributed by atoms with van der Waals surface area (Å²) in [5, 5.41) is 18.8. The van der Waals surface area contributed by atoms with Gasteiger partial charge >= 0.3 is 5.97 Å². The Hall–Kier alpha value is -1.81. The molecule has 2 N–H and O–H groups in total. The van der Waals surface area contributed by atoms with Gasteiger partial charge in [-0.1, -0.05) is 6.07 Å². The van der Waals surface area contributed by atoms with Crippen LogP contribution in [0.2, 0.25) is 0 Å². The SMILES string of the molecule is Cc1cn(CCO)c2cccc(C(=O)O)c12. The van der Waals surface area contributed by atoms with Crippen LogP contribution in [0, 0.1) is 6.92 Å². The zero-order chi connectivity index (χ0) is 11.7. The minimum atomic E-state index is -0.921. The Morgan fingerprint density at radius 3 is 2.81 bits per heavy atom. The number of benzene rings is 1. The van der Waals surface area contributed by atoms with Crippen molar-refractivity contribution in [2.24, 2.45) is 0 Å². The number of hydrogen-bond donors (Lipinski definition) is 2. The molecule has 0 radical (unpaired) electrons. The van der Waals surface area contributed by atoms with Crippen LogP contribution in [0.15, 0.2) is 24.4 Å². The lowest BCUT2D eigenvalue weighted by atomic mass is 10.1. The van der Waals surface area contributed by atoms with Crippen molar-refractivity contribution in [3.05, 3.63) is 35.5 Å². The summed E-state index contributed by atoms with van der Waals surface area (Å²) in [6, 6.07) is 5.19. The standard InChI is InChI=1S/C12H13NO3/c1-8-7-13(5-6-14)10-4-2-3-9(11(8)10)12(15)16/h2-4,7,14H,5-6H2,1H3,(H,15,16). The van der Waals surface area contributed by atoms with Gasteiger partial charge in [0.2, 0.25) is 0 Å². The van der Waals surface area contributed by atoms with Crippen LogP contribution < -0.4 is 0 Å². The molecule has 84 valence electrons. The number of aromatic carboxylic acids is 1. The zero-order valence-electron chi connectivity index (χ0n) is 8.97. The van der Waals surface area contributed by atoms with E-state index in [1.165, 1.54) is 0 Å². The molecule has 0 aliphatic rings. The van der Waals surface area contributed by atoms with Gasteiger partial charge in [0.25, 0.3) is 0 Å². The maximum atomic E-state index is 11.1. The molecule has 0 fully saturated rings. The van der Waals surface area contributed by atoms with E-state index >= 15 is 0 Å². The molecule has 0 atom stereocenters. The number of nitrogens with zero attached hydrogens (tertiary/aromatic N) is 1. The van der Waals surface area contributed by atoms with Crippen molar-refractivity contribution in [3.63, 3.8) is 0 Å². The highest BCUT2D eigenvalue weighted by atomic mass is 16.4. The van der Waals surface area contributed by atoms with Gasteiger partial charge in [-0.25, -0.2) is 4.79 Å². The molecule has 0 amide bonds. The smallest absolute Gasteiger partial charge is 0.336 e. The van der Waals surface area contributed by atoms with Crippen LogP contribution in [0.5, 0.6) is 0 Å². The summed E-state index contributed by atoms with van der Waals surface area (Å²) in [5.41, 5.74) is 2.08. The second-order valence-electron chi connectivity index (χ2n) is 3.73. The quantitative estimate of drug-likeness (QED) is 0.824. The highest BCUT2D eigenvalue weighted by molar-refractivity contribution is 6.04. The third-order valence-electron chi connectivity index (χ3n) is 2.67.